The van der Waals surface area contributed by atoms with E-state index in [0.717, 1.165) is 43.1 Å². The maximum absolute atomic E-state index is 12.2. The number of nitriles is 1. The summed E-state index contributed by atoms with van der Waals surface area (Å²) in [4.78, 5) is 24.1. The lowest BCUT2D eigenvalue weighted by Gasteiger charge is -2.35. The second-order valence-corrected chi connectivity index (χ2v) is 7.09. The number of hydrogen-bond donors (Lipinski definition) is 1. The molecule has 1 atom stereocenters. The van der Waals surface area contributed by atoms with Crippen molar-refractivity contribution in [2.75, 3.05) is 20.1 Å². The molecule has 132 valence electrons. The molecule has 0 aromatic carbocycles. The van der Waals surface area contributed by atoms with E-state index < -0.39 is 0 Å². The summed E-state index contributed by atoms with van der Waals surface area (Å²) in [6.07, 6.45) is 6.59. The highest BCUT2D eigenvalue weighted by molar-refractivity contribution is 5.78. The molecule has 6 heteroatoms. The number of likely N-dealkylation sites (N-methyl/N-ethyl adjacent to an activating group) is 1. The number of amides is 1. The Labute approximate surface area is 148 Å². The fraction of sp³-hybridized carbons (Fsp3) is 0.526. The van der Waals surface area contributed by atoms with Crippen molar-refractivity contribution < 1.29 is 4.79 Å². The van der Waals surface area contributed by atoms with Crippen LogP contribution >= 0.6 is 0 Å². The first-order chi connectivity index (χ1) is 12.0. The first kappa shape index (κ1) is 17.3. The summed E-state index contributed by atoms with van der Waals surface area (Å²) in [6.45, 7) is 5.94. The molecule has 1 saturated heterocycles. The van der Waals surface area contributed by atoms with Crippen molar-refractivity contribution in [3.05, 3.63) is 34.7 Å². The summed E-state index contributed by atoms with van der Waals surface area (Å²) in [5.74, 6) is -0.107. The molecule has 0 spiro atoms. The highest BCUT2D eigenvalue weighted by Gasteiger charge is 2.40. The molecule has 3 heterocycles. The van der Waals surface area contributed by atoms with Gasteiger partial charge in [-0.15, -0.1) is 0 Å². The number of aromatic nitrogens is 1. The molecule has 0 aliphatic carbocycles. The fourth-order valence-electron chi connectivity index (χ4n) is 3.65. The molecule has 1 unspecified atom stereocenters. The Kier molecular flexibility index (Phi) is 4.67. The largest absolute Gasteiger partial charge is 0.372 e. The van der Waals surface area contributed by atoms with Gasteiger partial charge in [0, 0.05) is 49.9 Å². The van der Waals surface area contributed by atoms with E-state index in [1.165, 1.54) is 11.3 Å². The number of H-pyrrole nitrogens is 1. The van der Waals surface area contributed by atoms with Crippen molar-refractivity contribution in [2.24, 2.45) is 4.99 Å². The molecule has 3 rings (SSSR count). The van der Waals surface area contributed by atoms with E-state index in [2.05, 4.69) is 34.8 Å². The molecule has 2 aliphatic rings. The van der Waals surface area contributed by atoms with E-state index in [1.807, 2.05) is 25.5 Å². The molecule has 25 heavy (non-hydrogen) atoms. The molecule has 6 nitrogen and oxygen atoms in total. The minimum absolute atomic E-state index is 0.0633. The number of aromatic amines is 1. The quantitative estimate of drug-likeness (QED) is 0.898. The van der Waals surface area contributed by atoms with E-state index in [1.54, 1.807) is 4.90 Å². The molecule has 0 saturated carbocycles. The number of rotatable bonds is 4. The minimum Gasteiger partial charge on any atom is -0.372 e. The lowest BCUT2D eigenvalue weighted by Crippen LogP contribution is -2.49. The number of hydrogen-bond acceptors (Lipinski definition) is 4. The number of carbonyl (C=O) groups excluding carboxylic acids is 1. The van der Waals surface area contributed by atoms with Crippen LogP contribution < -0.4 is 10.7 Å². The molecule has 1 amide bonds. The lowest BCUT2D eigenvalue weighted by atomic mass is 9.99. The van der Waals surface area contributed by atoms with Gasteiger partial charge in [-0.3, -0.25) is 4.79 Å². The first-order valence-electron chi connectivity index (χ1n) is 8.79. The Bertz CT molecular complexity index is 859. The van der Waals surface area contributed by atoms with Crippen molar-refractivity contribution in [3.63, 3.8) is 0 Å². The summed E-state index contributed by atoms with van der Waals surface area (Å²) in [6, 6.07) is 4.04. The normalized spacial score (nSPS) is 22.6. The smallest absolute Gasteiger partial charge is 0.237 e. The molecule has 2 aliphatic heterocycles. The van der Waals surface area contributed by atoms with Gasteiger partial charge in [-0.2, -0.15) is 5.26 Å². The maximum Gasteiger partial charge on any atom is 0.237 e. The lowest BCUT2D eigenvalue weighted by molar-refractivity contribution is -0.133. The van der Waals surface area contributed by atoms with Gasteiger partial charge < -0.3 is 14.8 Å². The second-order valence-electron chi connectivity index (χ2n) is 7.09. The van der Waals surface area contributed by atoms with Crippen LogP contribution in [-0.2, 0) is 4.79 Å². The van der Waals surface area contributed by atoms with E-state index in [0.29, 0.717) is 0 Å². The fourth-order valence-corrected chi connectivity index (χ4v) is 3.65. The number of nitrogens with one attached hydrogen (secondary N) is 1. The van der Waals surface area contributed by atoms with Gasteiger partial charge in [0.05, 0.1) is 11.6 Å². The predicted molar refractivity (Wildman–Crippen MR) is 95.6 cm³/mol. The first-order valence-corrected chi connectivity index (χ1v) is 8.79. The van der Waals surface area contributed by atoms with Crippen LogP contribution in [0.1, 0.15) is 39.5 Å². The van der Waals surface area contributed by atoms with Crippen molar-refractivity contribution in [1.82, 2.24) is 14.8 Å². The van der Waals surface area contributed by atoms with Crippen molar-refractivity contribution in [3.8, 4) is 6.07 Å². The van der Waals surface area contributed by atoms with Gasteiger partial charge in [-0.1, -0.05) is 6.92 Å². The Morgan fingerprint density at radius 3 is 3.08 bits per heavy atom. The van der Waals surface area contributed by atoms with Gasteiger partial charge >= 0.3 is 0 Å². The van der Waals surface area contributed by atoms with Crippen LogP contribution in [0.3, 0.4) is 0 Å². The van der Waals surface area contributed by atoms with Crippen LogP contribution in [-0.4, -0.2) is 46.4 Å². The maximum atomic E-state index is 12.2. The van der Waals surface area contributed by atoms with Gasteiger partial charge in [-0.05, 0) is 31.4 Å². The average Bonchev–Trinajstić information content (AvgIpc) is 3.19. The minimum atomic E-state index is -0.253. The zero-order valence-corrected chi connectivity index (χ0v) is 15.2. The zero-order valence-electron chi connectivity index (χ0n) is 15.2. The standard InChI is InChI=1S/C19H25N5O/c1-4-14-11-16(15-6-9-21-18(15)22-12-14)24-10-7-19(2,13-24)23(3)17(25)5-8-20/h6,9,12H,4-5,7,10-11,13H2,1-3H3,(H,21,22). The molecular weight excluding hydrogens is 314 g/mol. The molecular formula is C19H25N5O. The van der Waals surface area contributed by atoms with Crippen LogP contribution in [0.5, 0.6) is 0 Å². The predicted octanol–water partition coefficient (Wildman–Crippen LogP) is 1.28. The summed E-state index contributed by atoms with van der Waals surface area (Å²) in [5.41, 5.74) is 3.23. The average molecular weight is 339 g/mol. The monoisotopic (exact) mass is 339 g/mol. The Morgan fingerprint density at radius 1 is 1.56 bits per heavy atom. The number of fused-ring (bicyclic) bond motifs is 1. The molecule has 1 aromatic heterocycles. The third-order valence-electron chi connectivity index (χ3n) is 5.51. The molecule has 1 fully saturated rings. The SMILES string of the molecule is CCC1=CN=c2[nH]ccc2=C(N2CCC(C)(N(C)C(=O)CC#N)C2)C1. The second kappa shape index (κ2) is 6.75. The molecule has 0 radical (unpaired) electrons. The van der Waals surface area contributed by atoms with Crippen LogP contribution in [0.25, 0.3) is 5.70 Å². The van der Waals surface area contributed by atoms with Crippen molar-refractivity contribution in [1.29, 1.82) is 5.26 Å². The van der Waals surface area contributed by atoms with Gasteiger partial charge in [0.2, 0.25) is 5.91 Å². The van der Waals surface area contributed by atoms with E-state index in [4.69, 9.17) is 5.26 Å². The highest BCUT2D eigenvalue weighted by Crippen LogP contribution is 2.32. The Balaban J connectivity index is 1.90. The van der Waals surface area contributed by atoms with Gasteiger partial charge in [0.25, 0.3) is 0 Å². The number of carbonyl (C=O) groups is 1. The van der Waals surface area contributed by atoms with Gasteiger partial charge in [0.1, 0.15) is 11.9 Å². The zero-order chi connectivity index (χ0) is 18.0. The Morgan fingerprint density at radius 2 is 2.36 bits per heavy atom. The highest BCUT2D eigenvalue weighted by atomic mass is 16.2. The number of nitrogens with zero attached hydrogens (tertiary/aromatic N) is 4. The summed E-state index contributed by atoms with van der Waals surface area (Å²) in [7, 11) is 1.81. The van der Waals surface area contributed by atoms with Crippen LogP contribution in [0, 0.1) is 11.3 Å². The third kappa shape index (κ3) is 3.19. The van der Waals surface area contributed by atoms with E-state index in [-0.39, 0.29) is 17.9 Å². The third-order valence-corrected chi connectivity index (χ3v) is 5.51. The van der Waals surface area contributed by atoms with Crippen LogP contribution in [0.15, 0.2) is 29.0 Å². The van der Waals surface area contributed by atoms with Gasteiger partial charge in [-0.25, -0.2) is 4.99 Å². The summed E-state index contributed by atoms with van der Waals surface area (Å²) >= 11 is 0. The molecule has 0 bridgehead atoms. The van der Waals surface area contributed by atoms with Crippen LogP contribution in [0.4, 0.5) is 0 Å². The topological polar surface area (TPSA) is 75.5 Å². The van der Waals surface area contributed by atoms with E-state index >= 15 is 0 Å². The summed E-state index contributed by atoms with van der Waals surface area (Å²) in [5, 5.41) is 9.96. The summed E-state index contributed by atoms with van der Waals surface area (Å²) < 4.78 is 0. The molecule has 1 N–H and O–H groups in total. The number of likely N-dealkylation sites (tertiary alicyclic amines) is 1. The van der Waals surface area contributed by atoms with E-state index in [9.17, 15) is 4.79 Å². The molecule has 1 aromatic rings. The Hall–Kier alpha value is -2.55. The van der Waals surface area contributed by atoms with Gasteiger partial charge in [0.15, 0.2) is 0 Å². The van der Waals surface area contributed by atoms with Crippen molar-refractivity contribution >= 4 is 11.6 Å². The van der Waals surface area contributed by atoms with Crippen LogP contribution in [0.2, 0.25) is 0 Å². The van der Waals surface area contributed by atoms with Crippen molar-refractivity contribution in [2.45, 2.75) is 45.1 Å².